The summed E-state index contributed by atoms with van der Waals surface area (Å²) in [7, 11) is 0. The summed E-state index contributed by atoms with van der Waals surface area (Å²) in [5.41, 5.74) is 7.78. The molecule has 98 valence electrons. The Morgan fingerprint density at radius 3 is 2.24 bits per heavy atom. The van der Waals surface area contributed by atoms with E-state index in [1.807, 2.05) is 27.7 Å². The molecule has 1 heterocycles. The molecule has 0 bridgehead atoms. The Balaban J connectivity index is 0.000000325. The van der Waals surface area contributed by atoms with Gasteiger partial charge in [0.1, 0.15) is 5.60 Å². The van der Waals surface area contributed by atoms with E-state index >= 15 is 0 Å². The van der Waals surface area contributed by atoms with Gasteiger partial charge in [0.25, 0.3) is 6.47 Å². The van der Waals surface area contributed by atoms with Gasteiger partial charge in [-0.25, -0.2) is 0 Å². The van der Waals surface area contributed by atoms with E-state index in [-0.39, 0.29) is 11.1 Å². The van der Waals surface area contributed by atoms with E-state index in [2.05, 4.69) is 20.1 Å². The first-order chi connectivity index (χ1) is 7.83. The molecule has 0 atom stereocenters. The van der Waals surface area contributed by atoms with Gasteiger partial charge in [0.05, 0.1) is 0 Å². The number of hydrogen-bond donors (Lipinski definition) is 1. The van der Waals surface area contributed by atoms with Gasteiger partial charge in [0.15, 0.2) is 0 Å². The zero-order valence-corrected chi connectivity index (χ0v) is 11.1. The van der Waals surface area contributed by atoms with Crippen molar-refractivity contribution >= 4 is 6.47 Å². The molecule has 0 amide bonds. The van der Waals surface area contributed by atoms with Crippen LogP contribution in [0.5, 0.6) is 0 Å². The molecule has 1 aliphatic rings. The summed E-state index contributed by atoms with van der Waals surface area (Å²) < 4.78 is 4.55. The summed E-state index contributed by atoms with van der Waals surface area (Å²) in [6, 6.07) is 0. The number of nitrogens with one attached hydrogen (secondary N) is 1. The number of carbonyl (C=O) groups excluding carboxylic acids is 1. The quantitative estimate of drug-likeness (QED) is 0.349. The van der Waals surface area contributed by atoms with Crippen LogP contribution in [0.1, 0.15) is 40.5 Å². The molecule has 17 heavy (non-hydrogen) atoms. The number of rotatable bonds is 2. The summed E-state index contributed by atoms with van der Waals surface area (Å²) >= 11 is 0. The summed E-state index contributed by atoms with van der Waals surface area (Å²) in [5.74, 6) is 0. The van der Waals surface area contributed by atoms with Gasteiger partial charge in [-0.05, 0) is 52.2 Å². The SMILES string of the molecule is CC(C)(C)OC=O.CC1(N=[N+]=[N-])CCNCC1. The smallest absolute Gasteiger partial charge is 0.293 e. The average Bonchev–Trinajstić information content (AvgIpc) is 2.17. The Bertz CT molecular complexity index is 274. The van der Waals surface area contributed by atoms with Gasteiger partial charge in [-0.15, -0.1) is 0 Å². The van der Waals surface area contributed by atoms with Crippen LogP contribution in [-0.2, 0) is 9.53 Å². The minimum absolute atomic E-state index is 0.125. The van der Waals surface area contributed by atoms with E-state index in [1.165, 1.54) is 0 Å². The van der Waals surface area contributed by atoms with Gasteiger partial charge in [0.2, 0.25) is 0 Å². The first-order valence-corrected chi connectivity index (χ1v) is 5.71. The summed E-state index contributed by atoms with van der Waals surface area (Å²) in [6.45, 7) is 9.86. The fraction of sp³-hybridized carbons (Fsp3) is 0.909. The topological polar surface area (TPSA) is 87.1 Å². The van der Waals surface area contributed by atoms with Crippen molar-refractivity contribution in [1.29, 1.82) is 0 Å². The molecule has 0 aromatic heterocycles. The van der Waals surface area contributed by atoms with Gasteiger partial charge in [-0.2, -0.15) is 0 Å². The van der Waals surface area contributed by atoms with Crippen LogP contribution in [0.3, 0.4) is 0 Å². The molecule has 1 saturated heterocycles. The van der Waals surface area contributed by atoms with Crippen molar-refractivity contribution in [2.24, 2.45) is 5.11 Å². The standard InChI is InChI=1S/C6H12N4.C5H10O2/c1-6(9-10-7)2-4-8-5-3-6;1-5(2,3)7-4-6/h8H,2-5H2,1H3;4H,1-3H3. The lowest BCUT2D eigenvalue weighted by Gasteiger charge is -2.28. The first-order valence-electron chi connectivity index (χ1n) is 5.71. The van der Waals surface area contributed by atoms with Crippen LogP contribution in [0, 0.1) is 0 Å². The van der Waals surface area contributed by atoms with E-state index in [0.717, 1.165) is 25.9 Å². The highest BCUT2D eigenvalue weighted by atomic mass is 16.5. The Morgan fingerprint density at radius 2 is 1.94 bits per heavy atom. The number of nitrogens with zero attached hydrogens (tertiary/aromatic N) is 3. The van der Waals surface area contributed by atoms with Crippen molar-refractivity contribution in [3.63, 3.8) is 0 Å². The van der Waals surface area contributed by atoms with Crippen molar-refractivity contribution in [2.75, 3.05) is 13.1 Å². The van der Waals surface area contributed by atoms with Gasteiger partial charge in [-0.3, -0.25) is 4.79 Å². The van der Waals surface area contributed by atoms with Crippen LogP contribution < -0.4 is 5.32 Å². The molecule has 0 radical (unpaired) electrons. The highest BCUT2D eigenvalue weighted by Crippen LogP contribution is 2.21. The molecule has 0 unspecified atom stereocenters. The van der Waals surface area contributed by atoms with Crippen LogP contribution in [0.25, 0.3) is 10.4 Å². The third-order valence-corrected chi connectivity index (χ3v) is 2.37. The maximum atomic E-state index is 9.60. The Hall–Kier alpha value is -1.26. The highest BCUT2D eigenvalue weighted by Gasteiger charge is 2.24. The molecule has 1 fully saturated rings. The first kappa shape index (κ1) is 15.7. The number of hydrogen-bond acceptors (Lipinski definition) is 4. The fourth-order valence-corrected chi connectivity index (χ4v) is 1.32. The van der Waals surface area contributed by atoms with E-state index in [1.54, 1.807) is 0 Å². The monoisotopic (exact) mass is 242 g/mol. The van der Waals surface area contributed by atoms with Gasteiger partial charge < -0.3 is 10.1 Å². The number of piperidine rings is 1. The third kappa shape index (κ3) is 8.54. The minimum Gasteiger partial charge on any atom is -0.462 e. The van der Waals surface area contributed by atoms with E-state index in [0.29, 0.717) is 6.47 Å². The molecule has 6 heteroatoms. The van der Waals surface area contributed by atoms with E-state index in [9.17, 15) is 4.79 Å². The lowest BCUT2D eigenvalue weighted by molar-refractivity contribution is -0.138. The normalized spacial score (nSPS) is 18.1. The molecule has 0 aromatic carbocycles. The van der Waals surface area contributed by atoms with Crippen molar-refractivity contribution in [1.82, 2.24) is 5.32 Å². The van der Waals surface area contributed by atoms with Crippen molar-refractivity contribution in [2.45, 2.75) is 51.7 Å². The largest absolute Gasteiger partial charge is 0.462 e. The van der Waals surface area contributed by atoms with Crippen LogP contribution in [-0.4, -0.2) is 30.7 Å². The van der Waals surface area contributed by atoms with Gasteiger partial charge >= 0.3 is 0 Å². The highest BCUT2D eigenvalue weighted by molar-refractivity contribution is 5.37. The lowest BCUT2D eigenvalue weighted by Crippen LogP contribution is -2.37. The number of carbonyl (C=O) groups is 1. The predicted molar refractivity (Wildman–Crippen MR) is 66.6 cm³/mol. The second kappa shape index (κ2) is 7.14. The van der Waals surface area contributed by atoms with Gasteiger partial charge in [0, 0.05) is 10.5 Å². The second-order valence-electron chi connectivity index (χ2n) is 5.26. The Kier molecular flexibility index (Phi) is 6.61. The molecule has 0 aliphatic carbocycles. The van der Waals surface area contributed by atoms with E-state index in [4.69, 9.17) is 5.53 Å². The molecule has 6 nitrogen and oxygen atoms in total. The van der Waals surface area contributed by atoms with Crippen molar-refractivity contribution in [3.05, 3.63) is 10.4 Å². The average molecular weight is 242 g/mol. The molecule has 0 saturated carbocycles. The molecule has 1 aliphatic heterocycles. The maximum absolute atomic E-state index is 9.60. The third-order valence-electron chi connectivity index (χ3n) is 2.37. The molecule has 1 N–H and O–H groups in total. The summed E-state index contributed by atoms with van der Waals surface area (Å²) in [4.78, 5) is 12.4. The maximum Gasteiger partial charge on any atom is 0.293 e. The van der Waals surface area contributed by atoms with Gasteiger partial charge in [-0.1, -0.05) is 12.0 Å². The van der Waals surface area contributed by atoms with Crippen LogP contribution in [0.4, 0.5) is 0 Å². The molecule has 0 aromatic rings. The molecular weight excluding hydrogens is 220 g/mol. The summed E-state index contributed by atoms with van der Waals surface area (Å²) in [5, 5.41) is 6.97. The number of azide groups is 1. The Morgan fingerprint density at radius 1 is 1.41 bits per heavy atom. The zero-order valence-electron chi connectivity index (χ0n) is 11.1. The zero-order chi connectivity index (χ0) is 13.4. The summed E-state index contributed by atoms with van der Waals surface area (Å²) in [6.07, 6.45) is 1.91. The lowest BCUT2D eigenvalue weighted by atomic mass is 9.92. The van der Waals surface area contributed by atoms with Crippen LogP contribution >= 0.6 is 0 Å². The predicted octanol–water partition coefficient (Wildman–Crippen LogP) is 2.40. The Labute approximate surface area is 102 Å². The van der Waals surface area contributed by atoms with E-state index < -0.39 is 0 Å². The number of ether oxygens (including phenoxy) is 1. The molecule has 1 rings (SSSR count). The minimum atomic E-state index is -0.318. The molecule has 0 spiro atoms. The fourth-order valence-electron chi connectivity index (χ4n) is 1.32. The van der Waals surface area contributed by atoms with Crippen LogP contribution in [0.2, 0.25) is 0 Å². The van der Waals surface area contributed by atoms with Crippen molar-refractivity contribution in [3.8, 4) is 0 Å². The van der Waals surface area contributed by atoms with Crippen molar-refractivity contribution < 1.29 is 9.53 Å². The molecular formula is C11H22N4O2. The second-order valence-corrected chi connectivity index (χ2v) is 5.26. The van der Waals surface area contributed by atoms with Crippen LogP contribution in [0.15, 0.2) is 5.11 Å².